The molecule has 2 aliphatic heterocycles. The zero-order valence-electron chi connectivity index (χ0n) is 23.6. The molecule has 0 unspecified atom stereocenters. The summed E-state index contributed by atoms with van der Waals surface area (Å²) in [6.45, 7) is 4.69. The van der Waals surface area contributed by atoms with E-state index in [9.17, 15) is 15.0 Å². The van der Waals surface area contributed by atoms with E-state index in [-0.39, 0.29) is 42.4 Å². The Balaban J connectivity index is 1.15. The second kappa shape index (κ2) is 12.6. The number of β-amino-alcohol motifs (C(OH)–C–C–N with tert-alkyl or cyclic N) is 1. The van der Waals surface area contributed by atoms with E-state index in [4.69, 9.17) is 9.47 Å². The zero-order valence-corrected chi connectivity index (χ0v) is 23.6. The number of hydrogen-bond donors (Lipinski definition) is 3. The maximum Gasteiger partial charge on any atom is 0.271 e. The lowest BCUT2D eigenvalue weighted by molar-refractivity contribution is -0.276. The average Bonchev–Trinajstić information content (AvgIpc) is 3.45. The van der Waals surface area contributed by atoms with Crippen LogP contribution in [-0.2, 0) is 22.6 Å². The standard InChI is InChI=1S/C33H36N4O5/c1-21-30(19-37-15-14-26(39)18-37)41-33(42-31(21)24-10-8-23(20-38)9-11-24)25-12-6-22(7-13-25)16-35-32(40)29-17-34-27-4-2-3-5-28(27)36-29/h2-13,17,21,26,30-31,33,38-39H,14-16,18-20H2,1H3,(H,35,40)/t21-,26-,30+,31+,33+/m0/s1. The number of aliphatic hydroxyl groups excluding tert-OH is 2. The van der Waals surface area contributed by atoms with Crippen molar-refractivity contribution in [2.45, 2.75) is 51.1 Å². The first kappa shape index (κ1) is 28.4. The summed E-state index contributed by atoms with van der Waals surface area (Å²) in [5, 5.41) is 22.5. The second-order valence-corrected chi connectivity index (χ2v) is 11.2. The van der Waals surface area contributed by atoms with Gasteiger partial charge in [-0.05, 0) is 35.2 Å². The minimum absolute atomic E-state index is 0.00450. The number of rotatable bonds is 8. The summed E-state index contributed by atoms with van der Waals surface area (Å²) in [7, 11) is 0. The molecule has 4 aromatic rings. The van der Waals surface area contributed by atoms with Crippen molar-refractivity contribution in [3.63, 3.8) is 0 Å². The molecule has 218 valence electrons. The van der Waals surface area contributed by atoms with Gasteiger partial charge in [-0.3, -0.25) is 14.7 Å². The van der Waals surface area contributed by atoms with Gasteiger partial charge in [0.15, 0.2) is 6.29 Å². The van der Waals surface area contributed by atoms with Crippen molar-refractivity contribution in [3.05, 3.63) is 107 Å². The van der Waals surface area contributed by atoms with Gasteiger partial charge in [-0.15, -0.1) is 0 Å². The van der Waals surface area contributed by atoms with Gasteiger partial charge in [-0.2, -0.15) is 0 Å². The van der Waals surface area contributed by atoms with Crippen molar-refractivity contribution >= 4 is 16.9 Å². The topological polar surface area (TPSA) is 117 Å². The van der Waals surface area contributed by atoms with Crippen molar-refractivity contribution in [1.29, 1.82) is 0 Å². The second-order valence-electron chi connectivity index (χ2n) is 11.2. The van der Waals surface area contributed by atoms with Gasteiger partial charge in [0.25, 0.3) is 5.91 Å². The van der Waals surface area contributed by atoms with E-state index in [1.807, 2.05) is 72.8 Å². The Morgan fingerprint density at radius 3 is 2.40 bits per heavy atom. The maximum absolute atomic E-state index is 12.7. The number of ether oxygens (including phenoxy) is 2. The van der Waals surface area contributed by atoms with Crippen LogP contribution < -0.4 is 5.32 Å². The largest absolute Gasteiger partial charge is 0.392 e. The molecule has 3 N–H and O–H groups in total. The number of aliphatic hydroxyl groups is 2. The number of carbonyl (C=O) groups excluding carboxylic acids is 1. The molecule has 0 bridgehead atoms. The van der Waals surface area contributed by atoms with Crippen molar-refractivity contribution in [2.75, 3.05) is 19.6 Å². The number of benzene rings is 3. The van der Waals surface area contributed by atoms with E-state index in [0.717, 1.165) is 40.7 Å². The van der Waals surface area contributed by atoms with Gasteiger partial charge in [-0.1, -0.05) is 67.6 Å². The molecule has 42 heavy (non-hydrogen) atoms. The molecule has 0 radical (unpaired) electrons. The summed E-state index contributed by atoms with van der Waals surface area (Å²) in [6, 6.07) is 23.2. The first-order valence-electron chi connectivity index (χ1n) is 14.5. The third-order valence-electron chi connectivity index (χ3n) is 8.20. The molecule has 5 atom stereocenters. The number of nitrogens with zero attached hydrogens (tertiary/aromatic N) is 3. The van der Waals surface area contributed by atoms with Crippen LogP contribution in [-0.4, -0.2) is 62.8 Å². The predicted octanol–water partition coefficient (Wildman–Crippen LogP) is 3.91. The van der Waals surface area contributed by atoms with Crippen molar-refractivity contribution < 1.29 is 24.5 Å². The average molecular weight is 569 g/mol. The number of carbonyl (C=O) groups is 1. The lowest BCUT2D eigenvalue weighted by Crippen LogP contribution is -2.44. The molecule has 0 saturated carbocycles. The first-order chi connectivity index (χ1) is 20.5. The number of fused-ring (bicyclic) bond motifs is 1. The van der Waals surface area contributed by atoms with Crippen molar-refractivity contribution in [3.8, 4) is 0 Å². The molecule has 2 saturated heterocycles. The molecule has 6 rings (SSSR count). The monoisotopic (exact) mass is 568 g/mol. The van der Waals surface area contributed by atoms with Crippen LogP contribution in [0.2, 0.25) is 0 Å². The van der Waals surface area contributed by atoms with Gasteiger partial charge in [0.2, 0.25) is 0 Å². The Labute approximate surface area is 245 Å². The van der Waals surface area contributed by atoms with E-state index in [1.165, 1.54) is 6.20 Å². The molecule has 3 heterocycles. The fraction of sp³-hybridized carbons (Fsp3) is 0.364. The van der Waals surface area contributed by atoms with Crippen molar-refractivity contribution in [2.24, 2.45) is 5.92 Å². The highest BCUT2D eigenvalue weighted by Crippen LogP contribution is 2.42. The van der Waals surface area contributed by atoms with E-state index in [2.05, 4.69) is 27.1 Å². The summed E-state index contributed by atoms with van der Waals surface area (Å²) >= 11 is 0. The van der Waals surface area contributed by atoms with E-state index < -0.39 is 6.29 Å². The molecule has 9 heteroatoms. The SMILES string of the molecule is C[C@H]1[C@@H](CN2CC[C@H](O)C2)O[C@@H](c2ccc(CNC(=O)c3cnc4ccccc4n3)cc2)O[C@H]1c1ccc(CO)cc1. The lowest BCUT2D eigenvalue weighted by atomic mass is 9.90. The number of nitrogens with one attached hydrogen (secondary N) is 1. The van der Waals surface area contributed by atoms with E-state index in [0.29, 0.717) is 25.2 Å². The van der Waals surface area contributed by atoms with Crippen LogP contribution in [0.3, 0.4) is 0 Å². The Morgan fingerprint density at radius 2 is 1.69 bits per heavy atom. The molecule has 9 nitrogen and oxygen atoms in total. The molecular weight excluding hydrogens is 532 g/mol. The van der Waals surface area contributed by atoms with Crippen LogP contribution in [0.25, 0.3) is 11.0 Å². The summed E-state index contributed by atoms with van der Waals surface area (Å²) in [5.41, 5.74) is 5.42. The third kappa shape index (κ3) is 6.35. The van der Waals surface area contributed by atoms with Gasteiger partial charge < -0.3 is 25.0 Å². The number of aromatic nitrogens is 2. The smallest absolute Gasteiger partial charge is 0.271 e. The first-order valence-corrected chi connectivity index (χ1v) is 14.5. The van der Waals surface area contributed by atoms with Crippen LogP contribution in [0.1, 0.15) is 58.5 Å². The summed E-state index contributed by atoms with van der Waals surface area (Å²) in [6.07, 6.45) is 1.11. The molecule has 1 amide bonds. The Hall–Kier alpha value is -3.73. The van der Waals surface area contributed by atoms with Crippen LogP contribution >= 0.6 is 0 Å². The Morgan fingerprint density at radius 1 is 0.976 bits per heavy atom. The van der Waals surface area contributed by atoms with Crippen LogP contribution in [0, 0.1) is 5.92 Å². The normalized spacial score (nSPS) is 24.6. The maximum atomic E-state index is 12.7. The van der Waals surface area contributed by atoms with E-state index in [1.54, 1.807) is 0 Å². The highest BCUT2D eigenvalue weighted by atomic mass is 16.7. The quantitative estimate of drug-likeness (QED) is 0.293. The van der Waals surface area contributed by atoms with Crippen LogP contribution in [0.15, 0.2) is 79.0 Å². The molecule has 2 aliphatic rings. The number of likely N-dealkylation sites (tertiary alicyclic amines) is 1. The zero-order chi connectivity index (χ0) is 29.1. The van der Waals surface area contributed by atoms with Gasteiger partial charge in [0, 0.05) is 37.7 Å². The molecule has 0 spiro atoms. The Kier molecular flexibility index (Phi) is 8.55. The summed E-state index contributed by atoms with van der Waals surface area (Å²) in [5.74, 6) is -0.207. The fourth-order valence-corrected chi connectivity index (χ4v) is 5.69. The predicted molar refractivity (Wildman–Crippen MR) is 157 cm³/mol. The third-order valence-corrected chi connectivity index (χ3v) is 8.20. The van der Waals surface area contributed by atoms with Gasteiger partial charge in [0.1, 0.15) is 5.69 Å². The molecule has 3 aromatic carbocycles. The van der Waals surface area contributed by atoms with E-state index >= 15 is 0 Å². The van der Waals surface area contributed by atoms with Crippen LogP contribution in [0.5, 0.6) is 0 Å². The molecule has 2 fully saturated rings. The van der Waals surface area contributed by atoms with Crippen LogP contribution in [0.4, 0.5) is 0 Å². The number of hydrogen-bond acceptors (Lipinski definition) is 8. The van der Waals surface area contributed by atoms with Gasteiger partial charge >= 0.3 is 0 Å². The van der Waals surface area contributed by atoms with Crippen molar-refractivity contribution in [1.82, 2.24) is 20.2 Å². The molecular formula is C33H36N4O5. The van der Waals surface area contributed by atoms with Gasteiger partial charge in [0.05, 0.1) is 42.1 Å². The Bertz CT molecular complexity index is 1510. The summed E-state index contributed by atoms with van der Waals surface area (Å²) in [4.78, 5) is 23.7. The number of para-hydroxylation sites is 2. The lowest BCUT2D eigenvalue weighted by Gasteiger charge is -2.42. The number of amides is 1. The summed E-state index contributed by atoms with van der Waals surface area (Å²) < 4.78 is 13.1. The highest BCUT2D eigenvalue weighted by Gasteiger charge is 2.39. The fourth-order valence-electron chi connectivity index (χ4n) is 5.69. The molecule has 0 aliphatic carbocycles. The minimum atomic E-state index is -0.572. The minimum Gasteiger partial charge on any atom is -0.392 e. The van der Waals surface area contributed by atoms with Gasteiger partial charge in [-0.25, -0.2) is 4.98 Å². The molecule has 1 aromatic heterocycles. The highest BCUT2D eigenvalue weighted by molar-refractivity contribution is 5.93.